The first kappa shape index (κ1) is 31.2. The molecule has 52 heavy (non-hydrogen) atoms. The van der Waals surface area contributed by atoms with E-state index >= 15 is 0 Å². The summed E-state index contributed by atoms with van der Waals surface area (Å²) in [5.41, 5.74) is 11.8. The van der Waals surface area contributed by atoms with Crippen molar-refractivity contribution in [2.24, 2.45) is 0 Å². The first-order valence-electron chi connectivity index (χ1n) is 17.5. The Morgan fingerprint density at radius 3 is 1.42 bits per heavy atom. The zero-order valence-corrected chi connectivity index (χ0v) is 28.3. The van der Waals surface area contributed by atoms with Gasteiger partial charge in [-0.05, 0) is 74.4 Å². The highest BCUT2D eigenvalue weighted by atomic mass is 16.3. The van der Waals surface area contributed by atoms with E-state index in [-0.39, 0.29) is 5.92 Å². The van der Waals surface area contributed by atoms with Gasteiger partial charge >= 0.3 is 0 Å². The third-order valence-electron chi connectivity index (χ3n) is 10.1. The average Bonchev–Trinajstić information content (AvgIpc) is 3.98. The van der Waals surface area contributed by atoms with Crippen molar-refractivity contribution in [1.29, 1.82) is 0 Å². The minimum Gasteiger partial charge on any atom is -0.445 e. The van der Waals surface area contributed by atoms with Gasteiger partial charge in [0.15, 0.2) is 0 Å². The zero-order valence-electron chi connectivity index (χ0n) is 28.3. The van der Waals surface area contributed by atoms with Gasteiger partial charge in [0.05, 0.1) is 17.8 Å². The predicted molar refractivity (Wildman–Crippen MR) is 208 cm³/mol. The molecule has 0 saturated carbocycles. The molecule has 2 aromatic heterocycles. The highest BCUT2D eigenvalue weighted by Gasteiger charge is 2.50. The first-order valence-corrected chi connectivity index (χ1v) is 17.5. The van der Waals surface area contributed by atoms with E-state index in [1.807, 2.05) is 0 Å². The molecule has 1 aliphatic rings. The van der Waals surface area contributed by atoms with Gasteiger partial charge in [0, 0.05) is 17.0 Å². The standard InChI is InChI=1S/C48H34N2O2/c1-5-13-35(14-6-1)43-33-42(34-21-23-38(24-22-34)46-49-29-31-51-46)44(36-15-7-2-8-16-36)45(37-17-9-3-10-18-37)48(43,40-19-11-4-12-20-40)41-27-25-39(26-28-41)47-50-30-32-52-47/h1-33,43H. The molecule has 0 amide bonds. The maximum atomic E-state index is 5.73. The van der Waals surface area contributed by atoms with Crippen LogP contribution in [-0.4, -0.2) is 9.97 Å². The van der Waals surface area contributed by atoms with Crippen LogP contribution in [0, 0.1) is 0 Å². The number of aromatic nitrogens is 2. The van der Waals surface area contributed by atoms with Crippen LogP contribution in [0.4, 0.5) is 0 Å². The summed E-state index contributed by atoms with van der Waals surface area (Å²) in [6.45, 7) is 0. The summed E-state index contributed by atoms with van der Waals surface area (Å²) in [6.07, 6.45) is 9.10. The molecular weight excluding hydrogens is 637 g/mol. The normalized spacial score (nSPS) is 17.2. The van der Waals surface area contributed by atoms with E-state index in [0.717, 1.165) is 27.8 Å². The molecule has 0 aliphatic heterocycles. The van der Waals surface area contributed by atoms with Gasteiger partial charge in [0.1, 0.15) is 12.5 Å². The van der Waals surface area contributed by atoms with Crippen molar-refractivity contribution in [3.8, 4) is 22.9 Å². The molecule has 0 spiro atoms. The summed E-state index contributed by atoms with van der Waals surface area (Å²) in [4.78, 5) is 8.85. The minimum atomic E-state index is -0.661. The maximum Gasteiger partial charge on any atom is 0.225 e. The lowest BCUT2D eigenvalue weighted by atomic mass is 9.53. The molecule has 0 fully saturated rings. The summed E-state index contributed by atoms with van der Waals surface area (Å²) in [5.74, 6) is 1.10. The summed E-state index contributed by atoms with van der Waals surface area (Å²) in [6, 6.07) is 61.0. The Balaban J connectivity index is 1.41. The van der Waals surface area contributed by atoms with E-state index in [2.05, 4.69) is 186 Å². The van der Waals surface area contributed by atoms with Gasteiger partial charge in [-0.1, -0.05) is 152 Å². The van der Waals surface area contributed by atoms with E-state index in [1.54, 1.807) is 24.9 Å². The van der Waals surface area contributed by atoms with Crippen LogP contribution in [0.3, 0.4) is 0 Å². The third kappa shape index (κ3) is 5.42. The fourth-order valence-corrected chi connectivity index (χ4v) is 7.91. The Kier molecular flexibility index (Phi) is 8.11. The molecule has 0 saturated heterocycles. The molecule has 248 valence electrons. The van der Waals surface area contributed by atoms with Crippen molar-refractivity contribution in [3.05, 3.63) is 234 Å². The molecule has 8 aromatic rings. The molecule has 9 rings (SSSR count). The van der Waals surface area contributed by atoms with Gasteiger partial charge in [-0.15, -0.1) is 0 Å². The first-order chi connectivity index (χ1) is 25.8. The third-order valence-corrected chi connectivity index (χ3v) is 10.1. The number of hydrogen-bond donors (Lipinski definition) is 0. The Morgan fingerprint density at radius 2 is 0.885 bits per heavy atom. The smallest absolute Gasteiger partial charge is 0.225 e. The fourth-order valence-electron chi connectivity index (χ4n) is 7.91. The summed E-state index contributed by atoms with van der Waals surface area (Å²) in [5, 5.41) is 0. The van der Waals surface area contributed by atoms with Crippen LogP contribution in [0.5, 0.6) is 0 Å². The molecular formula is C48H34N2O2. The monoisotopic (exact) mass is 670 g/mol. The second-order valence-electron chi connectivity index (χ2n) is 13.0. The molecule has 2 heterocycles. The lowest BCUT2D eigenvalue weighted by Gasteiger charge is -2.48. The highest BCUT2D eigenvalue weighted by molar-refractivity contribution is 6.19. The van der Waals surface area contributed by atoms with E-state index in [1.165, 1.54) is 33.4 Å². The second-order valence-corrected chi connectivity index (χ2v) is 13.0. The largest absolute Gasteiger partial charge is 0.445 e. The second kappa shape index (κ2) is 13.5. The van der Waals surface area contributed by atoms with Crippen molar-refractivity contribution in [1.82, 2.24) is 9.97 Å². The summed E-state index contributed by atoms with van der Waals surface area (Å²) in [7, 11) is 0. The van der Waals surface area contributed by atoms with Crippen molar-refractivity contribution >= 4 is 16.7 Å². The van der Waals surface area contributed by atoms with Crippen LogP contribution < -0.4 is 0 Å². The van der Waals surface area contributed by atoms with Gasteiger partial charge in [-0.3, -0.25) is 0 Å². The van der Waals surface area contributed by atoms with Crippen molar-refractivity contribution in [2.45, 2.75) is 11.3 Å². The van der Waals surface area contributed by atoms with Gasteiger partial charge in [-0.2, -0.15) is 0 Å². The van der Waals surface area contributed by atoms with Gasteiger partial charge in [0.25, 0.3) is 0 Å². The van der Waals surface area contributed by atoms with Gasteiger partial charge in [0.2, 0.25) is 11.8 Å². The van der Waals surface area contributed by atoms with Crippen molar-refractivity contribution in [2.75, 3.05) is 0 Å². The van der Waals surface area contributed by atoms with Crippen LogP contribution in [0.25, 0.3) is 39.6 Å². The lowest BCUT2D eigenvalue weighted by molar-refractivity contribution is 0.573. The molecule has 1 aliphatic carbocycles. The molecule has 6 aromatic carbocycles. The Hall–Kier alpha value is -6.78. The van der Waals surface area contributed by atoms with E-state index in [9.17, 15) is 0 Å². The Labute approximate surface area is 303 Å². The number of oxazole rings is 2. The van der Waals surface area contributed by atoms with E-state index in [4.69, 9.17) is 8.83 Å². The quantitative estimate of drug-likeness (QED) is 0.161. The van der Waals surface area contributed by atoms with Gasteiger partial charge < -0.3 is 8.83 Å². The molecule has 0 N–H and O–H groups in total. The zero-order chi connectivity index (χ0) is 34.7. The Morgan fingerprint density at radius 1 is 0.423 bits per heavy atom. The molecule has 0 bridgehead atoms. The number of benzene rings is 6. The molecule has 2 unspecified atom stereocenters. The maximum absolute atomic E-state index is 5.73. The molecule has 2 atom stereocenters. The molecule has 0 radical (unpaired) electrons. The highest BCUT2D eigenvalue weighted by Crippen LogP contribution is 2.61. The summed E-state index contributed by atoms with van der Waals surface area (Å²) < 4.78 is 11.4. The number of rotatable bonds is 8. The topological polar surface area (TPSA) is 52.1 Å². The van der Waals surface area contributed by atoms with Crippen molar-refractivity contribution in [3.63, 3.8) is 0 Å². The lowest BCUT2D eigenvalue weighted by Crippen LogP contribution is -2.38. The molecule has 4 heteroatoms. The van der Waals surface area contributed by atoms with Crippen molar-refractivity contribution < 1.29 is 8.83 Å². The summed E-state index contributed by atoms with van der Waals surface area (Å²) >= 11 is 0. The Bertz CT molecular complexity index is 2450. The van der Waals surface area contributed by atoms with Crippen LogP contribution in [0.1, 0.15) is 39.3 Å². The van der Waals surface area contributed by atoms with Crippen LogP contribution >= 0.6 is 0 Å². The van der Waals surface area contributed by atoms with E-state index < -0.39 is 5.41 Å². The SMILES string of the molecule is C1=C(c2ccc(-c3ncco3)cc2)C(c2ccccc2)=C(c2ccccc2)C(c2ccccc2)(c2ccc(-c3ncco3)cc2)C1c1ccccc1. The average molecular weight is 671 g/mol. The number of hydrogen-bond acceptors (Lipinski definition) is 4. The fraction of sp³-hybridized carbons (Fsp3) is 0.0417. The van der Waals surface area contributed by atoms with Crippen LogP contribution in [-0.2, 0) is 5.41 Å². The van der Waals surface area contributed by atoms with Crippen LogP contribution in [0.15, 0.2) is 210 Å². The van der Waals surface area contributed by atoms with Crippen LogP contribution in [0.2, 0.25) is 0 Å². The van der Waals surface area contributed by atoms with E-state index in [0.29, 0.717) is 11.8 Å². The van der Waals surface area contributed by atoms with Gasteiger partial charge in [-0.25, -0.2) is 9.97 Å². The minimum absolute atomic E-state index is 0.104. The number of allylic oxidation sites excluding steroid dienone is 4. The number of nitrogens with zero attached hydrogens (tertiary/aromatic N) is 2. The predicted octanol–water partition coefficient (Wildman–Crippen LogP) is 11.8. The molecule has 4 nitrogen and oxygen atoms in total.